The fourth-order valence-electron chi connectivity index (χ4n) is 2.21. The van der Waals surface area contributed by atoms with Crippen molar-refractivity contribution in [2.45, 2.75) is 58.8 Å². The number of carbonyl (C=O) groups is 1. The number of ketones is 1. The number of Topliss-reactive ketones (excluding diaryl/α,β-unsaturated/α-hetero) is 1. The van der Waals surface area contributed by atoms with Gasteiger partial charge in [-0.25, -0.2) is 0 Å². The second-order valence-electron chi connectivity index (χ2n) is 6.32. The highest BCUT2D eigenvalue weighted by Crippen LogP contribution is 2.32. The van der Waals surface area contributed by atoms with Crippen molar-refractivity contribution in [1.82, 2.24) is 4.31 Å². The monoisotopic (exact) mass is 271 g/mol. The van der Waals surface area contributed by atoms with Gasteiger partial charge in [0.2, 0.25) is 0 Å². The third kappa shape index (κ3) is 3.59. The number of rotatable bonds is 4. The van der Waals surface area contributed by atoms with Crippen molar-refractivity contribution in [2.24, 2.45) is 5.92 Å². The fourth-order valence-corrected chi connectivity index (χ4v) is 3.56. The van der Waals surface area contributed by atoms with Gasteiger partial charge in [0.1, 0.15) is 4.75 Å². The molecule has 0 amide bonds. The van der Waals surface area contributed by atoms with Gasteiger partial charge < -0.3 is 4.55 Å². The lowest BCUT2D eigenvalue weighted by atomic mass is 9.97. The molecular weight excluding hydrogens is 246 g/mol. The van der Waals surface area contributed by atoms with Gasteiger partial charge in [-0.1, -0.05) is 19.9 Å². The normalized spacial score (nSPS) is 23.3. The van der Waals surface area contributed by atoms with E-state index >= 15 is 0 Å². The summed E-state index contributed by atoms with van der Waals surface area (Å²) in [4.78, 5) is 11.7. The van der Waals surface area contributed by atoms with Gasteiger partial charge in [0.15, 0.2) is 5.78 Å². The molecule has 0 aromatic carbocycles. The Bertz CT molecular complexity index is 344. The van der Waals surface area contributed by atoms with E-state index in [9.17, 15) is 9.35 Å². The molecule has 0 aromatic heterocycles. The Hall–Kier alpha value is -0.320. The van der Waals surface area contributed by atoms with Gasteiger partial charge >= 0.3 is 0 Å². The van der Waals surface area contributed by atoms with Crippen LogP contribution in [-0.2, 0) is 16.2 Å². The first kappa shape index (κ1) is 15.7. The zero-order valence-electron chi connectivity index (χ0n) is 12.3. The van der Waals surface area contributed by atoms with Crippen molar-refractivity contribution in [3.05, 3.63) is 11.6 Å². The van der Waals surface area contributed by atoms with E-state index < -0.39 is 11.4 Å². The summed E-state index contributed by atoms with van der Waals surface area (Å²) in [6.45, 7) is 12.4. The fraction of sp³-hybridized carbons (Fsp3) is 0.786. The highest BCUT2D eigenvalue weighted by molar-refractivity contribution is 7.90. The molecule has 0 saturated heterocycles. The van der Waals surface area contributed by atoms with Gasteiger partial charge in [-0.3, -0.25) is 4.79 Å². The van der Waals surface area contributed by atoms with Crippen LogP contribution in [0.25, 0.3) is 0 Å². The Morgan fingerprint density at radius 2 is 2.11 bits per heavy atom. The third-order valence-corrected chi connectivity index (χ3v) is 4.91. The van der Waals surface area contributed by atoms with Gasteiger partial charge in [0, 0.05) is 16.9 Å². The molecule has 0 radical (unpaired) electrons. The zero-order chi connectivity index (χ0) is 14.1. The van der Waals surface area contributed by atoms with E-state index in [1.807, 2.05) is 31.2 Å². The predicted molar refractivity (Wildman–Crippen MR) is 76.6 cm³/mol. The average molecular weight is 271 g/mol. The van der Waals surface area contributed by atoms with E-state index in [4.69, 9.17) is 0 Å². The van der Waals surface area contributed by atoms with Gasteiger partial charge in [-0.15, -0.1) is 4.31 Å². The van der Waals surface area contributed by atoms with E-state index in [1.165, 1.54) is 0 Å². The van der Waals surface area contributed by atoms with Crippen LogP contribution in [0.2, 0.25) is 0 Å². The first-order valence-corrected chi connectivity index (χ1v) is 7.65. The van der Waals surface area contributed by atoms with Crippen molar-refractivity contribution < 1.29 is 9.35 Å². The molecule has 3 nitrogen and oxygen atoms in total. The molecule has 1 rings (SSSR count). The molecule has 0 bridgehead atoms. The highest BCUT2D eigenvalue weighted by atomic mass is 32.2. The van der Waals surface area contributed by atoms with Crippen molar-refractivity contribution in [2.75, 3.05) is 6.54 Å². The Labute approximate surface area is 114 Å². The van der Waals surface area contributed by atoms with Crippen LogP contribution in [0.4, 0.5) is 0 Å². The number of hydrogen-bond acceptors (Lipinski definition) is 3. The molecule has 1 aliphatic rings. The molecule has 0 spiro atoms. The summed E-state index contributed by atoms with van der Waals surface area (Å²) in [7, 11) is 0. The largest absolute Gasteiger partial charge is 0.597 e. The molecule has 0 fully saturated rings. The van der Waals surface area contributed by atoms with Gasteiger partial charge in [0.05, 0.1) is 12.6 Å². The minimum absolute atomic E-state index is 0.0163. The molecule has 18 heavy (non-hydrogen) atoms. The van der Waals surface area contributed by atoms with Crippen LogP contribution >= 0.6 is 0 Å². The molecule has 4 heteroatoms. The van der Waals surface area contributed by atoms with Crippen molar-refractivity contribution >= 4 is 17.1 Å². The third-order valence-electron chi connectivity index (χ3n) is 3.04. The lowest BCUT2D eigenvalue weighted by Crippen LogP contribution is -2.47. The molecule has 0 N–H and O–H groups in total. The first-order valence-electron chi connectivity index (χ1n) is 6.54. The summed E-state index contributed by atoms with van der Waals surface area (Å²) in [5.41, 5.74) is 0.835. The van der Waals surface area contributed by atoms with E-state index in [1.54, 1.807) is 6.92 Å². The Morgan fingerprint density at radius 1 is 1.56 bits per heavy atom. The van der Waals surface area contributed by atoms with E-state index in [0.29, 0.717) is 12.5 Å². The SMILES string of the molecule is CC(=O)C1=CCN([S+]([O-])C(C)(C)C)[C@H]1CC(C)C. The average Bonchev–Trinajstić information content (AvgIpc) is 2.57. The van der Waals surface area contributed by atoms with Crippen LogP contribution in [0.3, 0.4) is 0 Å². The van der Waals surface area contributed by atoms with Gasteiger partial charge in [0.25, 0.3) is 0 Å². The minimum Gasteiger partial charge on any atom is -0.597 e. The van der Waals surface area contributed by atoms with Crippen LogP contribution in [0.5, 0.6) is 0 Å². The molecule has 1 aliphatic heterocycles. The van der Waals surface area contributed by atoms with Crippen LogP contribution in [0.15, 0.2) is 11.6 Å². The number of nitrogens with zero attached hydrogens (tertiary/aromatic N) is 1. The van der Waals surface area contributed by atoms with Crippen LogP contribution in [0.1, 0.15) is 48.0 Å². The predicted octanol–water partition coefficient (Wildman–Crippen LogP) is 2.69. The summed E-state index contributed by atoms with van der Waals surface area (Å²) in [6.07, 6.45) is 2.83. The lowest BCUT2D eigenvalue weighted by molar-refractivity contribution is -0.114. The number of carbonyl (C=O) groups excluding carboxylic acids is 1. The van der Waals surface area contributed by atoms with Crippen LogP contribution in [-0.4, -0.2) is 32.0 Å². The van der Waals surface area contributed by atoms with E-state index in [2.05, 4.69) is 13.8 Å². The Balaban J connectivity index is 2.91. The van der Waals surface area contributed by atoms with E-state index in [0.717, 1.165) is 12.0 Å². The second kappa shape index (κ2) is 5.76. The standard InChI is InChI=1S/C14H25NO2S/c1-10(2)9-13-12(11(3)16)7-8-15(13)18(17)14(4,5)6/h7,10,13H,8-9H2,1-6H3/t13-,18?/m0/s1. The maximum absolute atomic E-state index is 12.5. The quantitative estimate of drug-likeness (QED) is 0.738. The summed E-state index contributed by atoms with van der Waals surface area (Å²) < 4.78 is 14.2. The smallest absolute Gasteiger partial charge is 0.157 e. The molecular formula is C14H25NO2S. The highest BCUT2D eigenvalue weighted by Gasteiger charge is 2.42. The summed E-state index contributed by atoms with van der Waals surface area (Å²) in [6, 6.07) is 0.0163. The minimum atomic E-state index is -1.07. The second-order valence-corrected chi connectivity index (χ2v) is 8.51. The molecule has 104 valence electrons. The number of hydrogen-bond donors (Lipinski definition) is 0. The maximum Gasteiger partial charge on any atom is 0.157 e. The first-order chi connectivity index (χ1) is 8.14. The maximum atomic E-state index is 12.5. The molecule has 0 aliphatic carbocycles. The van der Waals surface area contributed by atoms with E-state index in [-0.39, 0.29) is 16.6 Å². The Kier molecular flexibility index (Phi) is 5.04. The lowest BCUT2D eigenvalue weighted by Gasteiger charge is -2.34. The van der Waals surface area contributed by atoms with Crippen LogP contribution < -0.4 is 0 Å². The molecule has 0 saturated carbocycles. The topological polar surface area (TPSA) is 43.4 Å². The Morgan fingerprint density at radius 3 is 2.50 bits per heavy atom. The molecule has 2 atom stereocenters. The molecule has 0 aromatic rings. The van der Waals surface area contributed by atoms with Gasteiger partial charge in [-0.05, 0) is 40.0 Å². The zero-order valence-corrected chi connectivity index (χ0v) is 13.1. The van der Waals surface area contributed by atoms with Crippen LogP contribution in [0, 0.1) is 5.92 Å². The summed E-state index contributed by atoms with van der Waals surface area (Å²) in [5, 5.41) is 0. The van der Waals surface area contributed by atoms with Gasteiger partial charge in [-0.2, -0.15) is 0 Å². The van der Waals surface area contributed by atoms with Crippen molar-refractivity contribution in [3.8, 4) is 0 Å². The van der Waals surface area contributed by atoms with Crippen molar-refractivity contribution in [3.63, 3.8) is 0 Å². The summed E-state index contributed by atoms with van der Waals surface area (Å²) >= 11 is -1.07. The molecule has 1 heterocycles. The summed E-state index contributed by atoms with van der Waals surface area (Å²) in [5.74, 6) is 0.587. The molecule has 1 unspecified atom stereocenters. The van der Waals surface area contributed by atoms with Crippen molar-refractivity contribution in [1.29, 1.82) is 0 Å².